The van der Waals surface area contributed by atoms with Crippen LogP contribution in [0, 0.1) is 0 Å². The van der Waals surface area contributed by atoms with Crippen LogP contribution in [0.2, 0.25) is 0 Å². The molecule has 0 saturated heterocycles. The summed E-state index contributed by atoms with van der Waals surface area (Å²) in [6, 6.07) is 10.2. The van der Waals surface area contributed by atoms with Crippen molar-refractivity contribution in [3.05, 3.63) is 53.6 Å². The second-order valence-corrected chi connectivity index (χ2v) is 5.22. The molecule has 5 nitrogen and oxygen atoms in total. The summed E-state index contributed by atoms with van der Waals surface area (Å²) in [5.74, 6) is 0.231. The highest BCUT2D eigenvalue weighted by atomic mass is 19.4. The number of carbonyl (C=O) groups is 1. The lowest BCUT2D eigenvalue weighted by Gasteiger charge is -2.10. The molecule has 0 atom stereocenters. The van der Waals surface area contributed by atoms with E-state index < -0.39 is 12.3 Å². The number of halogens is 3. The first-order valence-corrected chi connectivity index (χ1v) is 7.52. The minimum atomic E-state index is -4.74. The molecular weight excluding hydrogens is 353 g/mol. The van der Waals surface area contributed by atoms with Crippen LogP contribution in [0.4, 0.5) is 13.2 Å². The van der Waals surface area contributed by atoms with Gasteiger partial charge in [0.05, 0.1) is 20.6 Å². The summed E-state index contributed by atoms with van der Waals surface area (Å²) in [7, 11) is 3.00. The van der Waals surface area contributed by atoms with E-state index in [2.05, 4.69) is 4.74 Å². The Labute approximate surface area is 148 Å². The molecule has 0 aromatic heterocycles. The van der Waals surface area contributed by atoms with Gasteiger partial charge in [-0.05, 0) is 35.4 Å². The van der Waals surface area contributed by atoms with Crippen LogP contribution in [0.5, 0.6) is 17.2 Å². The highest BCUT2D eigenvalue weighted by molar-refractivity contribution is 5.73. The Morgan fingerprint density at radius 1 is 0.923 bits per heavy atom. The van der Waals surface area contributed by atoms with Gasteiger partial charge in [0.25, 0.3) is 0 Å². The molecule has 0 aliphatic rings. The molecule has 26 heavy (non-hydrogen) atoms. The van der Waals surface area contributed by atoms with Gasteiger partial charge < -0.3 is 18.9 Å². The molecule has 8 heteroatoms. The largest absolute Gasteiger partial charge is 0.573 e. The van der Waals surface area contributed by atoms with E-state index in [4.69, 9.17) is 14.2 Å². The molecule has 2 aromatic carbocycles. The molecule has 0 unspecified atom stereocenters. The van der Waals surface area contributed by atoms with Crippen LogP contribution in [-0.2, 0) is 22.6 Å². The molecule has 0 aliphatic heterocycles. The van der Waals surface area contributed by atoms with Gasteiger partial charge in [-0.25, -0.2) is 0 Å². The molecule has 0 fully saturated rings. The van der Waals surface area contributed by atoms with Gasteiger partial charge in [0, 0.05) is 0 Å². The predicted molar refractivity (Wildman–Crippen MR) is 86.2 cm³/mol. The van der Waals surface area contributed by atoms with Crippen molar-refractivity contribution < 1.29 is 36.9 Å². The molecule has 2 rings (SSSR count). The van der Waals surface area contributed by atoms with Crippen LogP contribution in [0.3, 0.4) is 0 Å². The second kappa shape index (κ2) is 8.46. The minimum absolute atomic E-state index is 0.0234. The van der Waals surface area contributed by atoms with E-state index in [0.717, 1.165) is 12.1 Å². The van der Waals surface area contributed by atoms with E-state index in [-0.39, 0.29) is 18.8 Å². The number of esters is 1. The number of rotatable bonds is 7. The van der Waals surface area contributed by atoms with E-state index >= 15 is 0 Å². The highest BCUT2D eigenvalue weighted by Crippen LogP contribution is 2.28. The average Bonchev–Trinajstić information content (AvgIpc) is 2.59. The third kappa shape index (κ3) is 5.87. The van der Waals surface area contributed by atoms with Crippen LogP contribution >= 0.6 is 0 Å². The van der Waals surface area contributed by atoms with E-state index in [9.17, 15) is 18.0 Å². The monoisotopic (exact) mass is 370 g/mol. The summed E-state index contributed by atoms with van der Waals surface area (Å²) >= 11 is 0. The van der Waals surface area contributed by atoms with Crippen LogP contribution in [-0.4, -0.2) is 26.6 Å². The predicted octanol–water partition coefficient (Wildman–Crippen LogP) is 3.89. The Morgan fingerprint density at radius 2 is 1.54 bits per heavy atom. The summed E-state index contributed by atoms with van der Waals surface area (Å²) in [6.07, 6.45) is -4.72. The van der Waals surface area contributed by atoms with Gasteiger partial charge in [0.1, 0.15) is 12.4 Å². The van der Waals surface area contributed by atoms with Gasteiger partial charge in [-0.2, -0.15) is 0 Å². The van der Waals surface area contributed by atoms with Crippen molar-refractivity contribution in [1.29, 1.82) is 0 Å². The molecule has 0 radical (unpaired) electrons. The maximum absolute atomic E-state index is 12.1. The molecule has 0 bridgehead atoms. The van der Waals surface area contributed by atoms with Crippen LogP contribution in [0.15, 0.2) is 42.5 Å². The number of alkyl halides is 3. The number of carbonyl (C=O) groups excluding carboxylic acids is 1. The number of hydrogen-bond donors (Lipinski definition) is 0. The van der Waals surface area contributed by atoms with Gasteiger partial charge >= 0.3 is 12.3 Å². The third-order valence-electron chi connectivity index (χ3n) is 3.35. The summed E-state index contributed by atoms with van der Waals surface area (Å²) < 4.78 is 55.5. The summed E-state index contributed by atoms with van der Waals surface area (Å²) in [5, 5.41) is 0. The van der Waals surface area contributed by atoms with Gasteiger partial charge in [0.15, 0.2) is 11.5 Å². The van der Waals surface area contributed by atoms with Crippen LogP contribution in [0.1, 0.15) is 11.1 Å². The van der Waals surface area contributed by atoms with E-state index in [1.165, 1.54) is 26.4 Å². The van der Waals surface area contributed by atoms with E-state index in [1.807, 2.05) is 0 Å². The quantitative estimate of drug-likeness (QED) is 0.692. The Balaban J connectivity index is 1.89. The fourth-order valence-corrected chi connectivity index (χ4v) is 2.16. The minimum Gasteiger partial charge on any atom is -0.493 e. The molecule has 0 saturated carbocycles. The molecule has 140 valence electrons. The number of methoxy groups -OCH3 is 2. The van der Waals surface area contributed by atoms with Gasteiger partial charge in [-0.1, -0.05) is 18.2 Å². The van der Waals surface area contributed by atoms with Crippen molar-refractivity contribution in [2.75, 3.05) is 14.2 Å². The van der Waals surface area contributed by atoms with Crippen molar-refractivity contribution in [3.8, 4) is 17.2 Å². The maximum Gasteiger partial charge on any atom is 0.573 e. The first kappa shape index (κ1) is 19.4. The normalized spacial score (nSPS) is 11.0. The Kier molecular flexibility index (Phi) is 6.32. The molecule has 0 heterocycles. The first-order chi connectivity index (χ1) is 12.3. The topological polar surface area (TPSA) is 54.0 Å². The van der Waals surface area contributed by atoms with Crippen LogP contribution < -0.4 is 14.2 Å². The molecule has 2 aromatic rings. The lowest BCUT2D eigenvalue weighted by Crippen LogP contribution is -2.17. The standard InChI is InChI=1S/C18H17F3O5/c1-23-15-8-5-13(9-16(15)24-2)10-17(22)25-11-12-3-6-14(7-4-12)26-18(19,20)21/h3-9H,10-11H2,1-2H3. The number of benzene rings is 2. The van der Waals surface area contributed by atoms with Crippen molar-refractivity contribution in [2.45, 2.75) is 19.4 Å². The average molecular weight is 370 g/mol. The lowest BCUT2D eigenvalue weighted by molar-refractivity contribution is -0.274. The molecule has 0 spiro atoms. The zero-order chi connectivity index (χ0) is 19.2. The highest BCUT2D eigenvalue weighted by Gasteiger charge is 2.30. The molecule has 0 amide bonds. The van der Waals surface area contributed by atoms with Crippen molar-refractivity contribution in [3.63, 3.8) is 0 Å². The second-order valence-electron chi connectivity index (χ2n) is 5.22. The number of hydrogen-bond acceptors (Lipinski definition) is 5. The smallest absolute Gasteiger partial charge is 0.493 e. The zero-order valence-electron chi connectivity index (χ0n) is 14.1. The Bertz CT molecular complexity index is 741. The molecule has 0 aliphatic carbocycles. The van der Waals surface area contributed by atoms with Gasteiger partial charge in [0.2, 0.25) is 0 Å². The van der Waals surface area contributed by atoms with Gasteiger partial charge in [-0.15, -0.1) is 13.2 Å². The lowest BCUT2D eigenvalue weighted by atomic mass is 10.1. The fraction of sp³-hybridized carbons (Fsp3) is 0.278. The summed E-state index contributed by atoms with van der Waals surface area (Å²) in [5.41, 5.74) is 1.22. The number of ether oxygens (including phenoxy) is 4. The molecule has 0 N–H and O–H groups in total. The zero-order valence-corrected chi connectivity index (χ0v) is 14.1. The van der Waals surface area contributed by atoms with Crippen molar-refractivity contribution in [2.24, 2.45) is 0 Å². The van der Waals surface area contributed by atoms with Crippen molar-refractivity contribution >= 4 is 5.97 Å². The van der Waals surface area contributed by atoms with Gasteiger partial charge in [-0.3, -0.25) is 4.79 Å². The Hall–Kier alpha value is -2.90. The summed E-state index contributed by atoms with van der Waals surface area (Å²) in [4.78, 5) is 11.9. The van der Waals surface area contributed by atoms with E-state index in [0.29, 0.717) is 22.6 Å². The fourth-order valence-electron chi connectivity index (χ4n) is 2.16. The molecular formula is C18H17F3O5. The summed E-state index contributed by atoms with van der Waals surface area (Å²) in [6.45, 7) is -0.0571. The van der Waals surface area contributed by atoms with Crippen LogP contribution in [0.25, 0.3) is 0 Å². The maximum atomic E-state index is 12.1. The van der Waals surface area contributed by atoms with Crippen molar-refractivity contribution in [1.82, 2.24) is 0 Å². The SMILES string of the molecule is COc1ccc(CC(=O)OCc2ccc(OC(F)(F)F)cc2)cc1OC. The van der Waals surface area contributed by atoms with E-state index in [1.54, 1.807) is 18.2 Å². The third-order valence-corrected chi connectivity index (χ3v) is 3.35. The Morgan fingerprint density at radius 3 is 2.12 bits per heavy atom. The first-order valence-electron chi connectivity index (χ1n) is 7.52.